The molecule has 1 atom stereocenters. The first-order valence-electron chi connectivity index (χ1n) is 10.1. The summed E-state index contributed by atoms with van der Waals surface area (Å²) >= 11 is 0. The second-order valence-electron chi connectivity index (χ2n) is 8.39. The maximum Gasteiger partial charge on any atom is 0.416 e. The van der Waals surface area contributed by atoms with Crippen LogP contribution in [0.3, 0.4) is 0 Å². The summed E-state index contributed by atoms with van der Waals surface area (Å²) in [4.78, 5) is 6.52. The van der Waals surface area contributed by atoms with Gasteiger partial charge >= 0.3 is 6.18 Å². The van der Waals surface area contributed by atoms with Gasteiger partial charge < -0.3 is 20.3 Å². The number of hydrogen-bond acceptors (Lipinski definition) is 3. The van der Waals surface area contributed by atoms with Crippen LogP contribution in [0.2, 0.25) is 0 Å². The van der Waals surface area contributed by atoms with Crippen LogP contribution in [0.1, 0.15) is 45.2 Å². The van der Waals surface area contributed by atoms with E-state index in [1.54, 1.807) is 33.9 Å². The van der Waals surface area contributed by atoms with Crippen LogP contribution in [0.25, 0.3) is 0 Å². The van der Waals surface area contributed by atoms with Gasteiger partial charge in [0.25, 0.3) is 0 Å². The van der Waals surface area contributed by atoms with Crippen LogP contribution in [0, 0.1) is 5.92 Å². The Labute approximate surface area is 171 Å². The number of likely N-dealkylation sites (tertiary alicyclic amines) is 1. The molecule has 2 N–H and O–H groups in total. The van der Waals surface area contributed by atoms with Crippen molar-refractivity contribution in [1.29, 1.82) is 0 Å². The zero-order chi connectivity index (χ0) is 21.7. The van der Waals surface area contributed by atoms with Crippen molar-refractivity contribution < 1.29 is 17.9 Å². The third kappa shape index (κ3) is 7.42. The molecule has 1 saturated heterocycles. The van der Waals surface area contributed by atoms with E-state index in [0.717, 1.165) is 38.7 Å². The van der Waals surface area contributed by atoms with Gasteiger partial charge in [0.15, 0.2) is 5.96 Å². The largest absolute Gasteiger partial charge is 0.488 e. The lowest BCUT2D eigenvalue weighted by Crippen LogP contribution is -2.40. The number of benzene rings is 1. The Morgan fingerprint density at radius 1 is 1.24 bits per heavy atom. The van der Waals surface area contributed by atoms with Crippen molar-refractivity contribution in [1.82, 2.24) is 15.5 Å². The highest BCUT2D eigenvalue weighted by molar-refractivity contribution is 5.79. The summed E-state index contributed by atoms with van der Waals surface area (Å²) in [7, 11) is 1.62. The minimum absolute atomic E-state index is 0.0239. The van der Waals surface area contributed by atoms with Crippen LogP contribution < -0.4 is 15.4 Å². The summed E-state index contributed by atoms with van der Waals surface area (Å²) in [5.74, 6) is 1.23. The molecule has 164 valence electrons. The van der Waals surface area contributed by atoms with Crippen molar-refractivity contribution in [2.24, 2.45) is 10.9 Å². The topological polar surface area (TPSA) is 48.9 Å². The minimum atomic E-state index is -4.46. The van der Waals surface area contributed by atoms with Crippen LogP contribution in [0.5, 0.6) is 5.75 Å². The summed E-state index contributed by atoms with van der Waals surface area (Å²) in [6.07, 6.45) is -3.34. The van der Waals surface area contributed by atoms with Crippen molar-refractivity contribution in [2.75, 3.05) is 33.2 Å². The SMILES string of the molecule is CCN1CCC(CNC(=NC)NCc2ccc(OC(C)(C)C)cc2C(F)(F)F)C1. The van der Waals surface area contributed by atoms with E-state index in [2.05, 4.69) is 27.4 Å². The quantitative estimate of drug-likeness (QED) is 0.548. The van der Waals surface area contributed by atoms with E-state index in [1.807, 2.05) is 0 Å². The van der Waals surface area contributed by atoms with Gasteiger partial charge in [-0.1, -0.05) is 13.0 Å². The van der Waals surface area contributed by atoms with Crippen LogP contribution in [0.4, 0.5) is 13.2 Å². The van der Waals surface area contributed by atoms with Gasteiger partial charge in [0.05, 0.1) is 5.56 Å². The molecule has 1 aliphatic rings. The van der Waals surface area contributed by atoms with E-state index in [0.29, 0.717) is 11.9 Å². The fourth-order valence-electron chi connectivity index (χ4n) is 3.40. The maximum absolute atomic E-state index is 13.6. The first-order chi connectivity index (χ1) is 13.5. The second kappa shape index (κ2) is 9.69. The van der Waals surface area contributed by atoms with Crippen molar-refractivity contribution in [3.8, 4) is 5.75 Å². The highest BCUT2D eigenvalue weighted by Gasteiger charge is 2.34. The molecule has 0 bridgehead atoms. The molecular weight excluding hydrogens is 381 g/mol. The molecule has 1 aromatic carbocycles. The van der Waals surface area contributed by atoms with Crippen molar-refractivity contribution in [2.45, 2.75) is 52.4 Å². The third-order valence-corrected chi connectivity index (χ3v) is 4.86. The normalized spacial score (nSPS) is 18.8. The van der Waals surface area contributed by atoms with Gasteiger partial charge in [0, 0.05) is 26.7 Å². The van der Waals surface area contributed by atoms with Crippen LogP contribution in [-0.2, 0) is 12.7 Å². The van der Waals surface area contributed by atoms with Crippen molar-refractivity contribution in [3.05, 3.63) is 29.3 Å². The molecule has 1 unspecified atom stereocenters. The average Bonchev–Trinajstić information content (AvgIpc) is 3.08. The lowest BCUT2D eigenvalue weighted by Gasteiger charge is -2.23. The van der Waals surface area contributed by atoms with Gasteiger partial charge in [-0.3, -0.25) is 4.99 Å². The summed E-state index contributed by atoms with van der Waals surface area (Å²) in [5, 5.41) is 6.23. The van der Waals surface area contributed by atoms with Crippen LogP contribution in [0.15, 0.2) is 23.2 Å². The Kier molecular flexibility index (Phi) is 7.80. The Morgan fingerprint density at radius 3 is 2.52 bits per heavy atom. The third-order valence-electron chi connectivity index (χ3n) is 4.86. The summed E-state index contributed by atoms with van der Waals surface area (Å²) in [5.41, 5.74) is -1.11. The van der Waals surface area contributed by atoms with Crippen LogP contribution >= 0.6 is 0 Å². The number of alkyl halides is 3. The van der Waals surface area contributed by atoms with E-state index >= 15 is 0 Å². The monoisotopic (exact) mass is 414 g/mol. The van der Waals surface area contributed by atoms with Gasteiger partial charge in [0.2, 0.25) is 0 Å². The van der Waals surface area contributed by atoms with E-state index in [9.17, 15) is 13.2 Å². The fraction of sp³-hybridized carbons (Fsp3) is 0.667. The molecule has 0 aromatic heterocycles. The lowest BCUT2D eigenvalue weighted by atomic mass is 10.1. The van der Waals surface area contributed by atoms with Gasteiger partial charge in [-0.2, -0.15) is 13.2 Å². The number of guanidine groups is 1. The predicted octanol–water partition coefficient (Wildman–Crippen LogP) is 3.89. The molecule has 1 heterocycles. The van der Waals surface area contributed by atoms with Crippen molar-refractivity contribution >= 4 is 5.96 Å². The highest BCUT2D eigenvalue weighted by atomic mass is 19.4. The molecule has 2 rings (SSSR count). The van der Waals surface area contributed by atoms with Crippen molar-refractivity contribution in [3.63, 3.8) is 0 Å². The highest BCUT2D eigenvalue weighted by Crippen LogP contribution is 2.35. The van der Waals surface area contributed by atoms with E-state index in [1.165, 1.54) is 6.07 Å². The van der Waals surface area contributed by atoms with Gasteiger partial charge in [-0.15, -0.1) is 0 Å². The molecule has 29 heavy (non-hydrogen) atoms. The number of rotatable bonds is 6. The first-order valence-corrected chi connectivity index (χ1v) is 10.1. The zero-order valence-electron chi connectivity index (χ0n) is 18.0. The zero-order valence-corrected chi connectivity index (χ0v) is 18.0. The average molecular weight is 415 g/mol. The van der Waals surface area contributed by atoms with Gasteiger partial charge in [-0.25, -0.2) is 0 Å². The number of aliphatic imine (C=N–C) groups is 1. The molecule has 0 spiro atoms. The summed E-state index contributed by atoms with van der Waals surface area (Å²) < 4.78 is 46.3. The Morgan fingerprint density at radius 2 is 1.97 bits per heavy atom. The Balaban J connectivity index is 2.00. The fourth-order valence-corrected chi connectivity index (χ4v) is 3.40. The number of ether oxygens (including phenoxy) is 1. The van der Waals surface area contributed by atoms with E-state index in [-0.39, 0.29) is 17.9 Å². The summed E-state index contributed by atoms with van der Waals surface area (Å²) in [6.45, 7) is 11.5. The number of nitrogens with one attached hydrogen (secondary N) is 2. The molecule has 8 heteroatoms. The molecule has 0 saturated carbocycles. The maximum atomic E-state index is 13.6. The molecule has 0 amide bonds. The molecule has 0 radical (unpaired) electrons. The second-order valence-corrected chi connectivity index (χ2v) is 8.39. The summed E-state index contributed by atoms with van der Waals surface area (Å²) in [6, 6.07) is 4.10. The molecule has 5 nitrogen and oxygen atoms in total. The van der Waals surface area contributed by atoms with Gasteiger partial charge in [0.1, 0.15) is 11.4 Å². The molecular formula is C21H33F3N4O. The Bertz CT molecular complexity index is 698. The molecule has 1 aromatic rings. The Hall–Kier alpha value is -1.96. The molecule has 0 aliphatic carbocycles. The predicted molar refractivity (Wildman–Crippen MR) is 110 cm³/mol. The standard InChI is InChI=1S/C21H33F3N4O/c1-6-28-10-9-15(14-28)12-26-19(25-5)27-13-16-7-8-17(29-20(2,3)4)11-18(16)21(22,23)24/h7-8,11,15H,6,9-10,12-14H2,1-5H3,(H2,25,26,27). The van der Waals surface area contributed by atoms with Crippen LogP contribution in [-0.4, -0.2) is 49.7 Å². The smallest absolute Gasteiger partial charge is 0.416 e. The molecule has 1 fully saturated rings. The molecule has 1 aliphatic heterocycles. The van der Waals surface area contributed by atoms with Gasteiger partial charge in [-0.05, 0) is 63.9 Å². The minimum Gasteiger partial charge on any atom is -0.488 e. The van der Waals surface area contributed by atoms with E-state index < -0.39 is 17.3 Å². The number of hydrogen-bond donors (Lipinski definition) is 2. The number of halogens is 3. The first kappa shape index (κ1) is 23.3. The lowest BCUT2D eigenvalue weighted by molar-refractivity contribution is -0.138. The van der Waals surface area contributed by atoms with E-state index in [4.69, 9.17) is 4.74 Å². The number of nitrogens with zero attached hydrogens (tertiary/aromatic N) is 2.